The summed E-state index contributed by atoms with van der Waals surface area (Å²) >= 11 is 0. The molecule has 0 aliphatic carbocycles. The van der Waals surface area contributed by atoms with Crippen molar-refractivity contribution >= 4 is 17.7 Å². The molecule has 1 fully saturated rings. The number of hydrogen-bond donors (Lipinski definition) is 1. The number of pyridine rings is 1. The lowest BCUT2D eigenvalue weighted by Gasteiger charge is -2.37. The van der Waals surface area contributed by atoms with Crippen molar-refractivity contribution in [2.75, 3.05) is 13.1 Å². The molecule has 142 valence electrons. The van der Waals surface area contributed by atoms with Gasteiger partial charge in [-0.2, -0.15) is 0 Å². The van der Waals surface area contributed by atoms with E-state index in [9.17, 15) is 19.5 Å². The van der Waals surface area contributed by atoms with Crippen molar-refractivity contribution in [2.45, 2.75) is 58.9 Å². The standard InChI is InChI=1S/C20H28N2O4/c1-5-11-22(18(24)17(23)20(3,4)6-2)12-9-15(16(22)19(25)26)14-8-7-10-21-13-14/h7-8,10,13,15-16H,5-6,9,11-12H2,1-4H3/p+1/t15?,16-,22?/m0/s1. The first-order valence-electron chi connectivity index (χ1n) is 9.30. The first kappa shape index (κ1) is 20.2. The fourth-order valence-electron chi connectivity index (χ4n) is 3.97. The Hall–Kier alpha value is -2.08. The van der Waals surface area contributed by atoms with E-state index in [2.05, 4.69) is 4.98 Å². The molecule has 1 amide bonds. The monoisotopic (exact) mass is 361 g/mol. The van der Waals surface area contributed by atoms with E-state index in [4.69, 9.17) is 0 Å². The SMILES string of the molecule is CCC[N+]1(C(=O)C(=O)C(C)(C)CC)CCC(c2cccnc2)[C@H]1C(=O)O. The summed E-state index contributed by atoms with van der Waals surface area (Å²) in [6, 6.07) is 2.67. The number of aliphatic carboxylic acids is 1. The highest BCUT2D eigenvalue weighted by atomic mass is 16.4. The van der Waals surface area contributed by atoms with Gasteiger partial charge in [0.2, 0.25) is 6.04 Å². The van der Waals surface area contributed by atoms with E-state index >= 15 is 0 Å². The zero-order valence-electron chi connectivity index (χ0n) is 16.1. The van der Waals surface area contributed by atoms with Crippen LogP contribution in [0, 0.1) is 5.41 Å². The highest BCUT2D eigenvalue weighted by Crippen LogP contribution is 2.41. The molecular weight excluding hydrogens is 332 g/mol. The van der Waals surface area contributed by atoms with E-state index < -0.39 is 29.1 Å². The zero-order chi connectivity index (χ0) is 19.5. The normalized spacial score (nSPS) is 25.8. The van der Waals surface area contributed by atoms with Crippen LogP contribution in [0.15, 0.2) is 24.5 Å². The second kappa shape index (κ2) is 7.66. The van der Waals surface area contributed by atoms with Crippen LogP contribution < -0.4 is 0 Å². The van der Waals surface area contributed by atoms with Gasteiger partial charge in [-0.15, -0.1) is 0 Å². The van der Waals surface area contributed by atoms with Crippen LogP contribution in [0.2, 0.25) is 0 Å². The maximum absolute atomic E-state index is 13.3. The van der Waals surface area contributed by atoms with E-state index in [1.807, 2.05) is 19.9 Å². The molecule has 2 rings (SSSR count). The van der Waals surface area contributed by atoms with E-state index in [-0.39, 0.29) is 10.4 Å². The van der Waals surface area contributed by atoms with Gasteiger partial charge in [0.15, 0.2) is 0 Å². The molecule has 1 aromatic heterocycles. The van der Waals surface area contributed by atoms with E-state index in [0.29, 0.717) is 32.4 Å². The van der Waals surface area contributed by atoms with Gasteiger partial charge >= 0.3 is 11.9 Å². The topological polar surface area (TPSA) is 84.3 Å². The zero-order valence-corrected chi connectivity index (χ0v) is 16.1. The molecule has 0 radical (unpaired) electrons. The number of Topliss-reactive ketones (excluding diaryl/α,β-unsaturated/α-hetero) is 1. The predicted molar refractivity (Wildman–Crippen MR) is 97.4 cm³/mol. The Labute approximate surface area is 154 Å². The highest BCUT2D eigenvalue weighted by Gasteiger charge is 2.59. The van der Waals surface area contributed by atoms with Gasteiger partial charge in [0.05, 0.1) is 19.0 Å². The fourth-order valence-corrected chi connectivity index (χ4v) is 3.97. The molecule has 1 saturated heterocycles. The number of aromatic nitrogens is 1. The van der Waals surface area contributed by atoms with Crippen molar-refractivity contribution < 1.29 is 24.0 Å². The molecule has 1 aromatic rings. The first-order valence-corrected chi connectivity index (χ1v) is 9.30. The molecule has 26 heavy (non-hydrogen) atoms. The van der Waals surface area contributed by atoms with Crippen molar-refractivity contribution in [1.29, 1.82) is 0 Å². The van der Waals surface area contributed by atoms with Crippen LogP contribution in [0.3, 0.4) is 0 Å². The number of likely N-dealkylation sites (tertiary alicyclic amines) is 1. The van der Waals surface area contributed by atoms with Crippen molar-refractivity contribution in [2.24, 2.45) is 5.41 Å². The number of hydrogen-bond acceptors (Lipinski definition) is 4. The van der Waals surface area contributed by atoms with Gasteiger partial charge in [-0.1, -0.05) is 33.8 Å². The summed E-state index contributed by atoms with van der Waals surface area (Å²) in [4.78, 5) is 42.5. The number of ketones is 1. The summed E-state index contributed by atoms with van der Waals surface area (Å²) in [6.07, 6.45) is 5.02. The Bertz CT molecular complexity index is 686. The van der Waals surface area contributed by atoms with Crippen molar-refractivity contribution in [3.8, 4) is 0 Å². The molecule has 0 saturated carbocycles. The number of amides is 1. The minimum absolute atomic E-state index is 0.284. The Morgan fingerprint density at radius 1 is 1.31 bits per heavy atom. The summed E-state index contributed by atoms with van der Waals surface area (Å²) in [5.41, 5.74) is 0.0249. The Balaban J connectivity index is 2.50. The maximum Gasteiger partial charge on any atom is 0.383 e. The number of carboxylic acid groups (broad SMARTS) is 1. The number of carboxylic acids is 1. The molecule has 2 unspecified atom stereocenters. The number of carbonyl (C=O) groups excluding carboxylic acids is 2. The van der Waals surface area contributed by atoms with Crippen LogP contribution >= 0.6 is 0 Å². The average molecular weight is 361 g/mol. The van der Waals surface area contributed by atoms with Gasteiger partial charge in [-0.25, -0.2) is 14.1 Å². The van der Waals surface area contributed by atoms with Gasteiger partial charge < -0.3 is 5.11 Å². The molecule has 1 aliphatic heterocycles. The smallest absolute Gasteiger partial charge is 0.383 e. The van der Waals surface area contributed by atoms with E-state index in [1.54, 1.807) is 32.3 Å². The third-order valence-corrected chi connectivity index (χ3v) is 5.84. The molecule has 6 nitrogen and oxygen atoms in total. The van der Waals surface area contributed by atoms with Crippen molar-refractivity contribution in [3.05, 3.63) is 30.1 Å². The quantitative estimate of drug-likeness (QED) is 0.596. The Morgan fingerprint density at radius 3 is 2.50 bits per heavy atom. The van der Waals surface area contributed by atoms with E-state index in [0.717, 1.165) is 5.56 Å². The Morgan fingerprint density at radius 2 is 2.00 bits per heavy atom. The summed E-state index contributed by atoms with van der Waals surface area (Å²) in [5, 5.41) is 10.00. The Kier molecular flexibility index (Phi) is 5.96. The molecule has 1 N–H and O–H groups in total. The number of quaternary nitrogens is 1. The van der Waals surface area contributed by atoms with Crippen LogP contribution in [-0.4, -0.2) is 51.4 Å². The predicted octanol–water partition coefficient (Wildman–Crippen LogP) is 2.78. The van der Waals surface area contributed by atoms with Gasteiger partial charge in [-0.3, -0.25) is 9.78 Å². The third kappa shape index (κ3) is 3.43. The van der Waals surface area contributed by atoms with Gasteiger partial charge in [0.25, 0.3) is 5.78 Å². The summed E-state index contributed by atoms with van der Waals surface area (Å²) in [5.74, 6) is -2.38. The fraction of sp³-hybridized carbons (Fsp3) is 0.600. The second-order valence-electron chi connectivity index (χ2n) is 7.82. The second-order valence-corrected chi connectivity index (χ2v) is 7.82. The number of carbonyl (C=O) groups is 3. The third-order valence-electron chi connectivity index (χ3n) is 5.84. The highest BCUT2D eigenvalue weighted by molar-refractivity contribution is 6.35. The molecule has 1 aliphatic rings. The molecule has 3 atom stereocenters. The average Bonchev–Trinajstić information content (AvgIpc) is 3.02. The number of nitrogens with zero attached hydrogens (tertiary/aromatic N) is 2. The van der Waals surface area contributed by atoms with Gasteiger partial charge in [0, 0.05) is 24.2 Å². The summed E-state index contributed by atoms with van der Waals surface area (Å²) in [7, 11) is 0. The van der Waals surface area contributed by atoms with Gasteiger partial charge in [0.1, 0.15) is 0 Å². The van der Waals surface area contributed by atoms with Crippen LogP contribution in [0.1, 0.15) is 58.4 Å². The molecule has 2 heterocycles. The van der Waals surface area contributed by atoms with Crippen LogP contribution in [0.25, 0.3) is 0 Å². The molecule has 0 bridgehead atoms. The lowest BCUT2D eigenvalue weighted by atomic mass is 9.83. The number of rotatable bonds is 7. The lowest BCUT2D eigenvalue weighted by molar-refractivity contribution is -0.855. The molecular formula is C20H29N2O4+. The molecule has 6 heteroatoms. The van der Waals surface area contributed by atoms with Crippen molar-refractivity contribution in [3.63, 3.8) is 0 Å². The van der Waals surface area contributed by atoms with E-state index in [1.165, 1.54) is 0 Å². The van der Waals surface area contributed by atoms with Gasteiger partial charge in [-0.05, 0) is 24.5 Å². The van der Waals surface area contributed by atoms with Crippen molar-refractivity contribution in [1.82, 2.24) is 4.98 Å². The minimum atomic E-state index is -1.03. The minimum Gasteiger partial charge on any atom is -0.477 e. The first-order chi connectivity index (χ1) is 12.2. The van der Waals surface area contributed by atoms with Crippen LogP contribution in [0.5, 0.6) is 0 Å². The van der Waals surface area contributed by atoms with Crippen LogP contribution in [-0.2, 0) is 14.4 Å². The molecule has 0 aromatic carbocycles. The molecule has 0 spiro atoms. The largest absolute Gasteiger partial charge is 0.477 e. The maximum atomic E-state index is 13.3. The van der Waals surface area contributed by atoms with Crippen LogP contribution in [0.4, 0.5) is 0 Å². The lowest BCUT2D eigenvalue weighted by Crippen LogP contribution is -2.63. The summed E-state index contributed by atoms with van der Waals surface area (Å²) < 4.78 is -0.284. The summed E-state index contributed by atoms with van der Waals surface area (Å²) in [6.45, 7) is 8.01.